The molecule has 0 saturated carbocycles. The van der Waals surface area contributed by atoms with Crippen LogP contribution in [0.4, 0.5) is 5.69 Å². The fourth-order valence-corrected chi connectivity index (χ4v) is 2.70. The van der Waals surface area contributed by atoms with Crippen LogP contribution in [0.3, 0.4) is 0 Å². The third kappa shape index (κ3) is 3.60. The van der Waals surface area contributed by atoms with Crippen molar-refractivity contribution in [2.45, 2.75) is 32.7 Å². The smallest absolute Gasteiger partial charge is 0.0511 e. The molecule has 2 aromatic carbocycles. The Labute approximate surface area is 124 Å². The number of aryl methyl sites for hydroxylation is 1. The Morgan fingerprint density at radius 3 is 2.42 bits per heavy atom. The molecule has 0 radical (unpaired) electrons. The lowest BCUT2D eigenvalue weighted by Crippen LogP contribution is -2.10. The number of hydrogen-bond donors (Lipinski definition) is 1. The van der Waals surface area contributed by atoms with E-state index < -0.39 is 0 Å². The van der Waals surface area contributed by atoms with Gasteiger partial charge in [-0.3, -0.25) is 0 Å². The molecule has 1 unspecified atom stereocenters. The third-order valence-electron chi connectivity index (χ3n) is 3.39. The summed E-state index contributed by atoms with van der Waals surface area (Å²) in [4.78, 5) is 0. The van der Waals surface area contributed by atoms with Crippen LogP contribution < -0.4 is 5.32 Å². The second kappa shape index (κ2) is 6.76. The van der Waals surface area contributed by atoms with E-state index >= 15 is 0 Å². The van der Waals surface area contributed by atoms with Crippen molar-refractivity contribution >= 4 is 21.6 Å². The molecule has 0 spiro atoms. The highest BCUT2D eigenvalue weighted by Crippen LogP contribution is 2.27. The van der Waals surface area contributed by atoms with Crippen molar-refractivity contribution in [2.24, 2.45) is 0 Å². The van der Waals surface area contributed by atoms with Gasteiger partial charge in [-0.2, -0.15) is 0 Å². The third-order valence-corrected chi connectivity index (χ3v) is 3.88. The number of anilines is 1. The predicted molar refractivity (Wildman–Crippen MR) is 86.6 cm³/mol. The maximum Gasteiger partial charge on any atom is 0.0511 e. The summed E-state index contributed by atoms with van der Waals surface area (Å²) >= 11 is 3.54. The highest BCUT2D eigenvalue weighted by Gasteiger charge is 2.10. The van der Waals surface area contributed by atoms with Gasteiger partial charge in [0.15, 0.2) is 0 Å². The van der Waals surface area contributed by atoms with E-state index in [0.29, 0.717) is 6.04 Å². The fourth-order valence-electron chi connectivity index (χ4n) is 2.29. The molecule has 0 saturated heterocycles. The van der Waals surface area contributed by atoms with E-state index in [0.717, 1.165) is 17.3 Å². The van der Waals surface area contributed by atoms with Crippen LogP contribution in [0.1, 0.15) is 37.4 Å². The molecule has 0 fully saturated rings. The molecule has 19 heavy (non-hydrogen) atoms. The SMILES string of the molecule is CCc1cc(Br)ccc1NC(CC)c1ccccc1. The molecule has 0 aliphatic rings. The molecular formula is C17H20BrN. The van der Waals surface area contributed by atoms with E-state index in [1.54, 1.807) is 0 Å². The molecule has 0 amide bonds. The minimum atomic E-state index is 0.368. The molecule has 0 heterocycles. The summed E-state index contributed by atoms with van der Waals surface area (Å²) in [5, 5.41) is 3.67. The lowest BCUT2D eigenvalue weighted by Gasteiger charge is -2.21. The monoisotopic (exact) mass is 317 g/mol. The molecule has 0 aromatic heterocycles. The number of halogens is 1. The molecule has 0 aliphatic carbocycles. The van der Waals surface area contributed by atoms with Crippen LogP contribution >= 0.6 is 15.9 Å². The first-order chi connectivity index (χ1) is 9.24. The average Bonchev–Trinajstić information content (AvgIpc) is 2.46. The predicted octanol–water partition coefficient (Wildman–Crippen LogP) is 5.57. The largest absolute Gasteiger partial charge is 0.378 e. The summed E-state index contributed by atoms with van der Waals surface area (Å²) in [5.41, 5.74) is 3.93. The highest BCUT2D eigenvalue weighted by molar-refractivity contribution is 9.10. The van der Waals surface area contributed by atoms with E-state index in [4.69, 9.17) is 0 Å². The summed E-state index contributed by atoms with van der Waals surface area (Å²) in [6.07, 6.45) is 2.11. The molecule has 1 atom stereocenters. The minimum absolute atomic E-state index is 0.368. The van der Waals surface area contributed by atoms with Gasteiger partial charge in [-0.05, 0) is 42.2 Å². The number of hydrogen-bond acceptors (Lipinski definition) is 1. The van der Waals surface area contributed by atoms with Gasteiger partial charge in [-0.1, -0.05) is 60.1 Å². The van der Waals surface area contributed by atoms with Gasteiger partial charge in [0.25, 0.3) is 0 Å². The average molecular weight is 318 g/mol. The van der Waals surface area contributed by atoms with E-state index in [9.17, 15) is 0 Å². The number of nitrogens with one attached hydrogen (secondary N) is 1. The summed E-state index contributed by atoms with van der Waals surface area (Å²) in [5.74, 6) is 0. The van der Waals surface area contributed by atoms with Gasteiger partial charge < -0.3 is 5.32 Å². The van der Waals surface area contributed by atoms with Crippen molar-refractivity contribution in [2.75, 3.05) is 5.32 Å². The molecule has 2 heteroatoms. The molecule has 0 aliphatic heterocycles. The van der Waals surface area contributed by atoms with E-state index in [2.05, 4.69) is 83.6 Å². The summed E-state index contributed by atoms with van der Waals surface area (Å²) in [6, 6.07) is 17.5. The topological polar surface area (TPSA) is 12.0 Å². The van der Waals surface area contributed by atoms with Crippen LogP contribution in [0.5, 0.6) is 0 Å². The lowest BCUT2D eigenvalue weighted by molar-refractivity contribution is 0.747. The second-order valence-electron chi connectivity index (χ2n) is 4.67. The Balaban J connectivity index is 2.24. The van der Waals surface area contributed by atoms with Crippen LogP contribution in [-0.4, -0.2) is 0 Å². The van der Waals surface area contributed by atoms with Crippen LogP contribution in [0.2, 0.25) is 0 Å². The zero-order valence-electron chi connectivity index (χ0n) is 11.5. The van der Waals surface area contributed by atoms with Crippen LogP contribution in [0.15, 0.2) is 53.0 Å². The maximum absolute atomic E-state index is 3.67. The Morgan fingerprint density at radius 1 is 1.05 bits per heavy atom. The molecule has 1 N–H and O–H groups in total. The van der Waals surface area contributed by atoms with Crippen molar-refractivity contribution in [1.29, 1.82) is 0 Å². The van der Waals surface area contributed by atoms with Gasteiger partial charge in [0.05, 0.1) is 6.04 Å². The van der Waals surface area contributed by atoms with Crippen molar-refractivity contribution in [3.8, 4) is 0 Å². The maximum atomic E-state index is 3.67. The molecule has 0 bridgehead atoms. The number of benzene rings is 2. The van der Waals surface area contributed by atoms with Crippen molar-refractivity contribution in [3.63, 3.8) is 0 Å². The minimum Gasteiger partial charge on any atom is -0.378 e. The fraction of sp³-hybridized carbons (Fsp3) is 0.294. The van der Waals surface area contributed by atoms with E-state index in [-0.39, 0.29) is 0 Å². The first-order valence-electron chi connectivity index (χ1n) is 6.84. The summed E-state index contributed by atoms with van der Waals surface area (Å²) in [7, 11) is 0. The van der Waals surface area contributed by atoms with Crippen molar-refractivity contribution in [3.05, 3.63) is 64.1 Å². The Bertz CT molecular complexity index is 522. The lowest BCUT2D eigenvalue weighted by atomic mass is 10.0. The quantitative estimate of drug-likeness (QED) is 0.759. The molecule has 100 valence electrons. The van der Waals surface area contributed by atoms with E-state index in [1.165, 1.54) is 16.8 Å². The van der Waals surface area contributed by atoms with E-state index in [1.807, 2.05) is 0 Å². The van der Waals surface area contributed by atoms with Gasteiger partial charge in [0.2, 0.25) is 0 Å². The van der Waals surface area contributed by atoms with Gasteiger partial charge in [0, 0.05) is 10.2 Å². The van der Waals surface area contributed by atoms with Crippen LogP contribution in [-0.2, 0) is 6.42 Å². The van der Waals surface area contributed by atoms with Crippen LogP contribution in [0, 0.1) is 0 Å². The van der Waals surface area contributed by atoms with Crippen molar-refractivity contribution < 1.29 is 0 Å². The Kier molecular flexibility index (Phi) is 5.03. The molecular weight excluding hydrogens is 298 g/mol. The molecule has 2 rings (SSSR count). The molecule has 1 nitrogen and oxygen atoms in total. The Hall–Kier alpha value is -1.28. The van der Waals surface area contributed by atoms with Crippen LogP contribution in [0.25, 0.3) is 0 Å². The van der Waals surface area contributed by atoms with Gasteiger partial charge in [0.1, 0.15) is 0 Å². The summed E-state index contributed by atoms with van der Waals surface area (Å²) in [6.45, 7) is 4.41. The highest BCUT2D eigenvalue weighted by atomic mass is 79.9. The standard InChI is InChI=1S/C17H20BrN/c1-3-13-12-15(18)10-11-17(13)19-16(4-2)14-8-6-5-7-9-14/h5-12,16,19H,3-4H2,1-2H3. The first-order valence-corrected chi connectivity index (χ1v) is 7.63. The zero-order chi connectivity index (χ0) is 13.7. The summed E-state index contributed by atoms with van der Waals surface area (Å²) < 4.78 is 1.14. The first kappa shape index (κ1) is 14.1. The Morgan fingerprint density at radius 2 is 1.79 bits per heavy atom. The number of rotatable bonds is 5. The van der Waals surface area contributed by atoms with Crippen molar-refractivity contribution in [1.82, 2.24) is 0 Å². The zero-order valence-corrected chi connectivity index (χ0v) is 13.1. The normalized spacial score (nSPS) is 12.2. The van der Waals surface area contributed by atoms with Gasteiger partial charge >= 0.3 is 0 Å². The van der Waals surface area contributed by atoms with Gasteiger partial charge in [-0.15, -0.1) is 0 Å². The molecule has 2 aromatic rings. The second-order valence-corrected chi connectivity index (χ2v) is 5.59. The van der Waals surface area contributed by atoms with Gasteiger partial charge in [-0.25, -0.2) is 0 Å².